The minimum atomic E-state index is 0. The molecule has 0 radical (unpaired) electrons. The van der Waals surface area contributed by atoms with Gasteiger partial charge >= 0.3 is 0 Å². The Kier molecular flexibility index (Phi) is 5.81. The van der Waals surface area contributed by atoms with Gasteiger partial charge in [-0.2, -0.15) is 5.10 Å². The molecule has 1 fully saturated rings. The van der Waals surface area contributed by atoms with Crippen LogP contribution in [0.15, 0.2) is 59.9 Å². The molecule has 2 aromatic rings. The van der Waals surface area contributed by atoms with Gasteiger partial charge in [0.05, 0.1) is 18.4 Å². The van der Waals surface area contributed by atoms with Crippen molar-refractivity contribution in [2.45, 2.75) is 25.3 Å². The van der Waals surface area contributed by atoms with Crippen molar-refractivity contribution < 1.29 is 0 Å². The molecule has 122 valence electrons. The second-order valence-corrected chi connectivity index (χ2v) is 5.81. The van der Waals surface area contributed by atoms with Crippen molar-refractivity contribution in [1.29, 1.82) is 0 Å². The van der Waals surface area contributed by atoms with E-state index in [2.05, 4.69) is 28.2 Å². The lowest BCUT2D eigenvalue weighted by atomic mass is 10.2. The number of halogens is 1. The number of para-hydroxylation sites is 1. The number of rotatable bonds is 5. The molecule has 1 aliphatic rings. The highest BCUT2D eigenvalue weighted by Crippen LogP contribution is 2.40. The Bertz CT molecular complexity index is 692. The lowest BCUT2D eigenvalue weighted by molar-refractivity contribution is 0.850. The highest BCUT2D eigenvalue weighted by Gasteiger charge is 2.39. The second-order valence-electron chi connectivity index (χ2n) is 5.81. The van der Waals surface area contributed by atoms with E-state index in [4.69, 9.17) is 5.73 Å². The summed E-state index contributed by atoms with van der Waals surface area (Å²) in [5.74, 6) is 0.946. The molecule has 6 heteroatoms. The van der Waals surface area contributed by atoms with Crippen molar-refractivity contribution >= 4 is 29.9 Å². The summed E-state index contributed by atoms with van der Waals surface area (Å²) in [5, 5.41) is 7.69. The molecule has 0 aliphatic heterocycles. The Balaban J connectivity index is 0.00000192. The number of nitrogens with two attached hydrogens (primary N) is 1. The van der Waals surface area contributed by atoms with E-state index in [1.54, 1.807) is 0 Å². The average molecular weight is 423 g/mol. The van der Waals surface area contributed by atoms with Gasteiger partial charge in [0.2, 0.25) is 0 Å². The molecule has 3 N–H and O–H groups in total. The molecule has 1 heterocycles. The van der Waals surface area contributed by atoms with Crippen LogP contribution >= 0.6 is 24.0 Å². The molecule has 0 spiro atoms. The predicted molar refractivity (Wildman–Crippen MR) is 105 cm³/mol. The first-order valence-corrected chi connectivity index (χ1v) is 7.44. The van der Waals surface area contributed by atoms with E-state index in [1.165, 1.54) is 5.56 Å². The molecule has 1 aromatic carbocycles. The molecule has 2 atom stereocenters. The molecular weight excluding hydrogens is 401 g/mol. The van der Waals surface area contributed by atoms with E-state index in [0.717, 1.165) is 17.7 Å². The molecule has 0 saturated heterocycles. The molecular formula is C17H22IN5. The lowest BCUT2D eigenvalue weighted by Gasteiger charge is -2.04. The highest BCUT2D eigenvalue weighted by molar-refractivity contribution is 14.0. The Hall–Kier alpha value is -1.83. The number of aromatic nitrogens is 2. The number of hydrogen-bond acceptors (Lipinski definition) is 2. The van der Waals surface area contributed by atoms with Gasteiger partial charge in [0, 0.05) is 18.2 Å². The van der Waals surface area contributed by atoms with Gasteiger partial charge in [-0.05, 0) is 31.0 Å². The molecule has 5 nitrogen and oxygen atoms in total. The largest absolute Gasteiger partial charge is 0.370 e. The maximum Gasteiger partial charge on any atom is 0.189 e. The number of nitrogens with one attached hydrogen (secondary N) is 1. The zero-order chi connectivity index (χ0) is 15.5. The van der Waals surface area contributed by atoms with Crippen molar-refractivity contribution in [3.05, 3.63) is 60.4 Å². The Morgan fingerprint density at radius 1 is 1.43 bits per heavy atom. The van der Waals surface area contributed by atoms with E-state index < -0.39 is 0 Å². The molecule has 0 unspecified atom stereocenters. The topological polar surface area (TPSA) is 68.2 Å². The average Bonchev–Trinajstić information content (AvgIpc) is 3.10. The summed E-state index contributed by atoms with van der Waals surface area (Å²) >= 11 is 0. The van der Waals surface area contributed by atoms with Crippen LogP contribution in [0.3, 0.4) is 0 Å². The molecule has 1 aliphatic carbocycles. The van der Waals surface area contributed by atoms with Crippen LogP contribution in [0.1, 0.15) is 24.8 Å². The van der Waals surface area contributed by atoms with Crippen LogP contribution in [0.4, 0.5) is 0 Å². The van der Waals surface area contributed by atoms with Crippen molar-refractivity contribution in [3.8, 4) is 5.69 Å². The third-order valence-corrected chi connectivity index (χ3v) is 3.69. The summed E-state index contributed by atoms with van der Waals surface area (Å²) in [7, 11) is 0. The van der Waals surface area contributed by atoms with Gasteiger partial charge in [0.25, 0.3) is 0 Å². The van der Waals surface area contributed by atoms with Crippen LogP contribution in [0.2, 0.25) is 0 Å². The van der Waals surface area contributed by atoms with Crippen molar-refractivity contribution in [2.75, 3.05) is 6.54 Å². The van der Waals surface area contributed by atoms with Gasteiger partial charge in [-0.15, -0.1) is 24.0 Å². The monoisotopic (exact) mass is 423 g/mol. The highest BCUT2D eigenvalue weighted by atomic mass is 127. The van der Waals surface area contributed by atoms with E-state index in [-0.39, 0.29) is 24.0 Å². The maximum atomic E-state index is 5.88. The molecule has 3 rings (SSSR count). The minimum absolute atomic E-state index is 0. The summed E-state index contributed by atoms with van der Waals surface area (Å²) in [5.41, 5.74) is 9.18. The van der Waals surface area contributed by atoms with Gasteiger partial charge in [0.1, 0.15) is 0 Å². The zero-order valence-corrected chi connectivity index (χ0v) is 15.5. The quantitative estimate of drug-likeness (QED) is 0.337. The zero-order valence-electron chi connectivity index (χ0n) is 13.1. The van der Waals surface area contributed by atoms with Crippen LogP contribution in [0, 0.1) is 0 Å². The summed E-state index contributed by atoms with van der Waals surface area (Å²) in [6, 6.07) is 10.5. The lowest BCUT2D eigenvalue weighted by Crippen LogP contribution is -2.34. The van der Waals surface area contributed by atoms with Crippen LogP contribution in [0.5, 0.6) is 0 Å². The van der Waals surface area contributed by atoms with Crippen molar-refractivity contribution in [3.63, 3.8) is 0 Å². The van der Waals surface area contributed by atoms with Gasteiger partial charge in [-0.1, -0.05) is 30.4 Å². The van der Waals surface area contributed by atoms with Crippen LogP contribution in [-0.2, 0) is 0 Å². The number of guanidine groups is 1. The number of nitrogens with zero attached hydrogens (tertiary/aromatic N) is 3. The number of aliphatic imine (C=N–C) groups is 1. The predicted octanol–water partition coefficient (Wildman–Crippen LogP) is 2.83. The smallest absolute Gasteiger partial charge is 0.189 e. The first-order chi connectivity index (χ1) is 10.6. The second kappa shape index (κ2) is 7.63. The Morgan fingerprint density at radius 2 is 2.17 bits per heavy atom. The maximum absolute atomic E-state index is 5.88. The Morgan fingerprint density at radius 3 is 2.87 bits per heavy atom. The van der Waals surface area contributed by atoms with Gasteiger partial charge in [-0.25, -0.2) is 9.67 Å². The van der Waals surface area contributed by atoms with Crippen LogP contribution in [0.25, 0.3) is 5.69 Å². The number of hydrogen-bond donors (Lipinski definition) is 2. The fourth-order valence-corrected chi connectivity index (χ4v) is 2.43. The summed E-state index contributed by atoms with van der Waals surface area (Å²) in [6.07, 6.45) is 5.08. The third-order valence-electron chi connectivity index (χ3n) is 3.69. The molecule has 1 saturated carbocycles. The first kappa shape index (κ1) is 17.5. The van der Waals surface area contributed by atoms with Crippen LogP contribution < -0.4 is 11.1 Å². The van der Waals surface area contributed by atoms with Gasteiger partial charge < -0.3 is 11.1 Å². The Labute approximate surface area is 153 Å². The minimum Gasteiger partial charge on any atom is -0.370 e. The third kappa shape index (κ3) is 4.57. The fourth-order valence-electron chi connectivity index (χ4n) is 2.43. The normalized spacial score (nSPS) is 19.8. The van der Waals surface area contributed by atoms with Gasteiger partial charge in [0.15, 0.2) is 5.96 Å². The molecule has 1 aromatic heterocycles. The standard InChI is InChI=1S/C17H21N5.HI/c1-12(2)9-19-17(18)21-16-8-15(16)13-10-20-22(11-13)14-6-4-3-5-7-14;/h3-7,10-11,15-16H,1,8-9H2,2H3,(H3,18,19,21);1H/t15-,16+;/m0./s1. The van der Waals surface area contributed by atoms with E-state index in [0.29, 0.717) is 24.5 Å². The summed E-state index contributed by atoms with van der Waals surface area (Å²) in [6.45, 7) is 6.33. The SMILES string of the molecule is C=C(C)CN=C(N)N[C@@H]1C[C@H]1c1cnn(-c2ccccc2)c1.I. The van der Waals surface area contributed by atoms with E-state index in [1.807, 2.05) is 48.1 Å². The van der Waals surface area contributed by atoms with E-state index >= 15 is 0 Å². The molecule has 0 bridgehead atoms. The van der Waals surface area contributed by atoms with Crippen molar-refractivity contribution in [2.24, 2.45) is 10.7 Å². The number of benzene rings is 1. The molecule has 23 heavy (non-hydrogen) atoms. The fraction of sp³-hybridized carbons (Fsp3) is 0.294. The molecule has 0 amide bonds. The van der Waals surface area contributed by atoms with E-state index in [9.17, 15) is 0 Å². The first-order valence-electron chi connectivity index (χ1n) is 7.44. The van der Waals surface area contributed by atoms with Gasteiger partial charge in [-0.3, -0.25) is 0 Å². The van der Waals surface area contributed by atoms with Crippen LogP contribution in [-0.4, -0.2) is 28.3 Å². The van der Waals surface area contributed by atoms with Crippen molar-refractivity contribution in [1.82, 2.24) is 15.1 Å². The summed E-state index contributed by atoms with van der Waals surface area (Å²) < 4.78 is 1.91. The summed E-state index contributed by atoms with van der Waals surface area (Å²) in [4.78, 5) is 4.25.